The van der Waals surface area contributed by atoms with Gasteiger partial charge in [0, 0.05) is 0 Å². The number of hydrogen-bond acceptors (Lipinski definition) is 5. The van der Waals surface area contributed by atoms with E-state index in [-0.39, 0.29) is 5.71 Å². The number of amidine groups is 1. The molecule has 0 aliphatic rings. The van der Waals surface area contributed by atoms with Gasteiger partial charge in [-0.05, 0) is 28.1 Å². The van der Waals surface area contributed by atoms with Gasteiger partial charge in [0.25, 0.3) is 0 Å². The average molecular weight is 331 g/mol. The summed E-state index contributed by atoms with van der Waals surface area (Å²) in [5.74, 6) is 0.124. The molecular formula is C10H9BrClN5O. The van der Waals surface area contributed by atoms with Crippen LogP contribution >= 0.6 is 27.5 Å². The van der Waals surface area contributed by atoms with Crippen molar-refractivity contribution in [1.29, 1.82) is 10.7 Å². The fraction of sp³-hybridized carbons (Fsp3) is 0.100. The summed E-state index contributed by atoms with van der Waals surface area (Å²) in [6, 6.07) is 4.98. The standard InChI is InChI=1S/C10H9BrClN5O/c1-18-7-3-2-5(12)9(8(7)11)17-16-6(4-13)10(14)15/h2-3,17H,1H3,(H3,14,15)/b16-6+. The number of methoxy groups -OCH3 is 1. The summed E-state index contributed by atoms with van der Waals surface area (Å²) in [5, 5.41) is 19.9. The normalized spacial score (nSPS) is 10.7. The Bertz CT molecular complexity index is 552. The van der Waals surface area contributed by atoms with E-state index in [9.17, 15) is 0 Å². The van der Waals surface area contributed by atoms with Crippen molar-refractivity contribution in [3.63, 3.8) is 0 Å². The van der Waals surface area contributed by atoms with E-state index in [4.69, 9.17) is 32.7 Å². The summed E-state index contributed by atoms with van der Waals surface area (Å²) in [6.07, 6.45) is 0. The van der Waals surface area contributed by atoms with Gasteiger partial charge in [-0.15, -0.1) is 0 Å². The second-order valence-electron chi connectivity index (χ2n) is 3.04. The molecule has 0 aromatic heterocycles. The lowest BCUT2D eigenvalue weighted by atomic mass is 10.3. The van der Waals surface area contributed by atoms with Gasteiger partial charge in [-0.25, -0.2) is 0 Å². The molecule has 1 aromatic carbocycles. The Balaban J connectivity index is 3.12. The topological polar surface area (TPSA) is 107 Å². The van der Waals surface area contributed by atoms with E-state index in [0.717, 1.165) is 0 Å². The van der Waals surface area contributed by atoms with Crippen molar-refractivity contribution in [1.82, 2.24) is 0 Å². The number of ether oxygens (including phenoxy) is 1. The molecule has 0 spiro atoms. The first-order valence-electron chi connectivity index (χ1n) is 4.61. The third-order valence-electron chi connectivity index (χ3n) is 1.92. The summed E-state index contributed by atoms with van der Waals surface area (Å²) in [5.41, 5.74) is 7.92. The predicted molar refractivity (Wildman–Crippen MR) is 74.3 cm³/mol. The number of rotatable bonds is 4. The van der Waals surface area contributed by atoms with Gasteiger partial charge < -0.3 is 10.5 Å². The van der Waals surface area contributed by atoms with Gasteiger partial charge in [0.2, 0.25) is 5.71 Å². The molecule has 94 valence electrons. The van der Waals surface area contributed by atoms with Crippen LogP contribution in [-0.4, -0.2) is 18.7 Å². The Kier molecular flexibility index (Phi) is 4.95. The van der Waals surface area contributed by atoms with E-state index >= 15 is 0 Å². The van der Waals surface area contributed by atoms with Crippen LogP contribution in [0.15, 0.2) is 21.7 Å². The van der Waals surface area contributed by atoms with Gasteiger partial charge in [-0.3, -0.25) is 10.8 Å². The number of halogens is 2. The zero-order valence-electron chi connectivity index (χ0n) is 9.29. The number of nitrogens with zero attached hydrogens (tertiary/aromatic N) is 2. The zero-order chi connectivity index (χ0) is 13.7. The van der Waals surface area contributed by atoms with E-state index in [1.807, 2.05) is 0 Å². The van der Waals surface area contributed by atoms with Gasteiger partial charge in [0.15, 0.2) is 5.84 Å². The quantitative estimate of drug-likeness (QED) is 0.447. The number of anilines is 1. The number of hydrazone groups is 1. The van der Waals surface area contributed by atoms with E-state index in [1.54, 1.807) is 18.2 Å². The molecule has 0 unspecified atom stereocenters. The van der Waals surface area contributed by atoms with Crippen molar-refractivity contribution in [2.75, 3.05) is 12.5 Å². The lowest BCUT2D eigenvalue weighted by Crippen LogP contribution is -2.21. The third-order valence-corrected chi connectivity index (χ3v) is 3.02. The molecule has 1 rings (SSSR count). The van der Waals surface area contributed by atoms with Crippen LogP contribution in [0.2, 0.25) is 5.02 Å². The van der Waals surface area contributed by atoms with Crippen LogP contribution in [0.4, 0.5) is 5.69 Å². The molecule has 0 radical (unpaired) electrons. The minimum absolute atomic E-state index is 0.235. The van der Waals surface area contributed by atoms with E-state index < -0.39 is 5.84 Å². The van der Waals surface area contributed by atoms with Crippen LogP contribution < -0.4 is 15.9 Å². The van der Waals surface area contributed by atoms with Crippen LogP contribution in [-0.2, 0) is 0 Å². The molecular weight excluding hydrogens is 322 g/mol. The van der Waals surface area contributed by atoms with Crippen molar-refractivity contribution in [2.45, 2.75) is 0 Å². The number of benzene rings is 1. The molecule has 8 heteroatoms. The number of nitriles is 1. The smallest absolute Gasteiger partial charge is 0.201 e. The fourth-order valence-corrected chi connectivity index (χ4v) is 1.96. The largest absolute Gasteiger partial charge is 0.495 e. The molecule has 4 N–H and O–H groups in total. The summed E-state index contributed by atoms with van der Waals surface area (Å²) >= 11 is 9.27. The summed E-state index contributed by atoms with van der Waals surface area (Å²) in [4.78, 5) is 0. The molecule has 1 aromatic rings. The Morgan fingerprint density at radius 3 is 2.83 bits per heavy atom. The Morgan fingerprint density at radius 2 is 2.33 bits per heavy atom. The predicted octanol–water partition coefficient (Wildman–Crippen LogP) is 2.34. The number of nitrogens with two attached hydrogens (primary N) is 1. The molecule has 18 heavy (non-hydrogen) atoms. The maximum atomic E-state index is 8.70. The first kappa shape index (κ1) is 14.3. The Morgan fingerprint density at radius 1 is 1.67 bits per heavy atom. The van der Waals surface area contributed by atoms with Crippen molar-refractivity contribution in [3.05, 3.63) is 21.6 Å². The minimum Gasteiger partial charge on any atom is -0.495 e. The second kappa shape index (κ2) is 6.23. The van der Waals surface area contributed by atoms with Gasteiger partial charge >= 0.3 is 0 Å². The van der Waals surface area contributed by atoms with Crippen molar-refractivity contribution >= 4 is 44.8 Å². The Labute approximate surface area is 117 Å². The highest BCUT2D eigenvalue weighted by Crippen LogP contribution is 2.37. The fourth-order valence-electron chi connectivity index (χ4n) is 1.05. The first-order valence-corrected chi connectivity index (χ1v) is 5.78. The highest BCUT2D eigenvalue weighted by Gasteiger charge is 2.11. The highest BCUT2D eigenvalue weighted by atomic mass is 79.9. The molecule has 6 nitrogen and oxygen atoms in total. The molecule has 0 bridgehead atoms. The molecule has 0 saturated carbocycles. The number of hydrogen-bond donors (Lipinski definition) is 3. The van der Waals surface area contributed by atoms with Crippen LogP contribution in [0.3, 0.4) is 0 Å². The molecule has 0 saturated heterocycles. The van der Waals surface area contributed by atoms with Crippen molar-refractivity contribution in [2.24, 2.45) is 10.8 Å². The van der Waals surface area contributed by atoms with Crippen LogP contribution in [0.25, 0.3) is 0 Å². The van der Waals surface area contributed by atoms with Crippen LogP contribution in [0.1, 0.15) is 0 Å². The molecule has 0 aliphatic heterocycles. The lowest BCUT2D eigenvalue weighted by Gasteiger charge is -2.10. The molecule has 0 heterocycles. The molecule has 0 fully saturated rings. The van der Waals surface area contributed by atoms with Crippen LogP contribution in [0.5, 0.6) is 5.75 Å². The van der Waals surface area contributed by atoms with Crippen molar-refractivity contribution < 1.29 is 4.74 Å². The lowest BCUT2D eigenvalue weighted by molar-refractivity contribution is 0.412. The van der Waals surface area contributed by atoms with E-state index in [2.05, 4.69) is 26.5 Å². The number of nitrogens with one attached hydrogen (secondary N) is 2. The second-order valence-corrected chi connectivity index (χ2v) is 4.24. The van der Waals surface area contributed by atoms with Gasteiger partial charge in [-0.2, -0.15) is 10.4 Å². The van der Waals surface area contributed by atoms with Gasteiger partial charge in [-0.1, -0.05) is 11.6 Å². The van der Waals surface area contributed by atoms with E-state index in [1.165, 1.54) is 7.11 Å². The van der Waals surface area contributed by atoms with Gasteiger partial charge in [0.05, 0.1) is 22.3 Å². The van der Waals surface area contributed by atoms with Crippen LogP contribution in [0, 0.1) is 16.7 Å². The monoisotopic (exact) mass is 329 g/mol. The Hall–Kier alpha value is -1.78. The summed E-state index contributed by atoms with van der Waals surface area (Å²) in [7, 11) is 1.51. The van der Waals surface area contributed by atoms with E-state index in [0.29, 0.717) is 20.9 Å². The first-order chi connectivity index (χ1) is 8.51. The maximum absolute atomic E-state index is 8.70. The molecule has 0 atom stereocenters. The summed E-state index contributed by atoms with van der Waals surface area (Å²) < 4.78 is 5.65. The third kappa shape index (κ3) is 3.12. The minimum atomic E-state index is -0.430. The SMILES string of the molecule is COc1ccc(Cl)c(N/N=C(\C#N)C(=N)N)c1Br. The average Bonchev–Trinajstić information content (AvgIpc) is 2.33. The van der Waals surface area contributed by atoms with Crippen molar-refractivity contribution in [3.8, 4) is 11.8 Å². The highest BCUT2D eigenvalue weighted by molar-refractivity contribution is 9.10. The maximum Gasteiger partial charge on any atom is 0.201 e. The summed E-state index contributed by atoms with van der Waals surface area (Å²) in [6.45, 7) is 0. The molecule has 0 aliphatic carbocycles. The molecule has 0 amide bonds. The van der Waals surface area contributed by atoms with Gasteiger partial charge in [0.1, 0.15) is 11.8 Å². The zero-order valence-corrected chi connectivity index (χ0v) is 11.6.